The van der Waals surface area contributed by atoms with Gasteiger partial charge >= 0.3 is 5.97 Å². The lowest BCUT2D eigenvalue weighted by Crippen LogP contribution is -2.09. The fourth-order valence-electron chi connectivity index (χ4n) is 0.898. The quantitative estimate of drug-likeness (QED) is 0.551. The van der Waals surface area contributed by atoms with Crippen molar-refractivity contribution in [1.82, 2.24) is 0 Å². The zero-order valence-electron chi connectivity index (χ0n) is 7.45. The number of hydrogen-bond donors (Lipinski definition) is 0. The molecule has 0 aliphatic carbocycles. The van der Waals surface area contributed by atoms with Gasteiger partial charge in [0.15, 0.2) is 0 Å². The second-order valence-electron chi connectivity index (χ2n) is 2.72. The van der Waals surface area contributed by atoms with Gasteiger partial charge < -0.3 is 4.74 Å². The predicted molar refractivity (Wildman–Crippen MR) is 47.3 cm³/mol. The van der Waals surface area contributed by atoms with E-state index in [2.05, 4.69) is 0 Å². The largest absolute Gasteiger partial charge is 0.427 e. The maximum absolute atomic E-state index is 11.7. The molecule has 0 bridgehead atoms. The second kappa shape index (κ2) is 5.32. The van der Waals surface area contributed by atoms with E-state index in [9.17, 15) is 13.6 Å². The first-order valence-corrected chi connectivity index (χ1v) is 4.22. The number of alkyl halides is 2. The van der Waals surface area contributed by atoms with Crippen molar-refractivity contribution >= 4 is 5.97 Å². The molecule has 0 atom stereocenters. The number of esters is 1. The second-order valence-corrected chi connectivity index (χ2v) is 2.72. The lowest BCUT2D eigenvalue weighted by atomic mass is 10.3. The summed E-state index contributed by atoms with van der Waals surface area (Å²) in [6, 6.07) is 8.38. The molecule has 1 aromatic rings. The fraction of sp³-hybridized carbons (Fsp3) is 0.300. The Bertz CT molecular complexity index is 285. The summed E-state index contributed by atoms with van der Waals surface area (Å²) >= 11 is 0. The van der Waals surface area contributed by atoms with Gasteiger partial charge in [-0.25, -0.2) is 8.78 Å². The highest BCUT2D eigenvalue weighted by Gasteiger charge is 2.09. The van der Waals surface area contributed by atoms with Crippen LogP contribution in [0.3, 0.4) is 0 Å². The van der Waals surface area contributed by atoms with Crippen molar-refractivity contribution in [3.8, 4) is 5.75 Å². The van der Waals surface area contributed by atoms with E-state index >= 15 is 0 Å². The molecule has 0 fully saturated rings. The first kappa shape index (κ1) is 10.6. The minimum atomic E-state index is -2.46. The van der Waals surface area contributed by atoms with Gasteiger partial charge in [0.2, 0.25) is 6.43 Å². The normalized spacial score (nSPS) is 10.2. The molecule has 0 unspecified atom stereocenters. The average molecular weight is 200 g/mol. The topological polar surface area (TPSA) is 26.3 Å². The molecule has 0 aromatic heterocycles. The van der Waals surface area contributed by atoms with E-state index in [1.54, 1.807) is 30.3 Å². The third kappa shape index (κ3) is 3.98. The van der Waals surface area contributed by atoms with Crippen molar-refractivity contribution in [2.24, 2.45) is 0 Å². The number of para-hydroxylation sites is 1. The van der Waals surface area contributed by atoms with Gasteiger partial charge in [0, 0.05) is 6.42 Å². The van der Waals surface area contributed by atoms with Crippen LogP contribution in [0, 0.1) is 0 Å². The molecule has 0 amide bonds. The van der Waals surface area contributed by atoms with E-state index in [0.717, 1.165) is 0 Å². The van der Waals surface area contributed by atoms with Crippen molar-refractivity contribution in [1.29, 1.82) is 0 Å². The average Bonchev–Trinajstić information content (AvgIpc) is 2.16. The Kier molecular flexibility index (Phi) is 4.04. The Labute approximate surface area is 80.5 Å². The lowest BCUT2D eigenvalue weighted by Gasteiger charge is -2.02. The van der Waals surface area contributed by atoms with Crippen molar-refractivity contribution in [2.45, 2.75) is 19.3 Å². The maximum Gasteiger partial charge on any atom is 0.311 e. The molecule has 2 nitrogen and oxygen atoms in total. The van der Waals surface area contributed by atoms with E-state index in [1.807, 2.05) is 0 Å². The molecule has 0 heterocycles. The van der Waals surface area contributed by atoms with Crippen LogP contribution in [-0.2, 0) is 4.79 Å². The predicted octanol–water partition coefficient (Wildman–Crippen LogP) is 2.64. The van der Waals surface area contributed by atoms with Gasteiger partial charge in [0.1, 0.15) is 5.75 Å². The summed E-state index contributed by atoms with van der Waals surface area (Å²) in [6.07, 6.45) is -3.17. The molecule has 0 aliphatic heterocycles. The molecule has 0 saturated heterocycles. The summed E-state index contributed by atoms with van der Waals surface area (Å²) in [5, 5.41) is 0. The molecule has 1 rings (SSSR count). The minimum Gasteiger partial charge on any atom is -0.427 e. The van der Waals surface area contributed by atoms with Gasteiger partial charge in [-0.2, -0.15) is 0 Å². The van der Waals surface area contributed by atoms with Crippen molar-refractivity contribution in [2.75, 3.05) is 0 Å². The van der Waals surface area contributed by atoms with Crippen LogP contribution in [0.2, 0.25) is 0 Å². The summed E-state index contributed by atoms with van der Waals surface area (Å²) in [4.78, 5) is 11.0. The minimum absolute atomic E-state index is 0.257. The van der Waals surface area contributed by atoms with Gasteiger partial charge in [-0.3, -0.25) is 4.79 Å². The third-order valence-corrected chi connectivity index (χ3v) is 1.54. The lowest BCUT2D eigenvalue weighted by molar-refractivity contribution is -0.135. The summed E-state index contributed by atoms with van der Waals surface area (Å²) in [6.45, 7) is 0. The summed E-state index contributed by atoms with van der Waals surface area (Å²) in [5.74, 6) is -0.247. The highest BCUT2D eigenvalue weighted by molar-refractivity contribution is 5.72. The zero-order chi connectivity index (χ0) is 10.4. The molecular formula is C10H10F2O2. The number of carbonyl (C=O) groups is 1. The van der Waals surface area contributed by atoms with Crippen molar-refractivity contribution < 1.29 is 18.3 Å². The van der Waals surface area contributed by atoms with Crippen LogP contribution in [0.15, 0.2) is 30.3 Å². The van der Waals surface area contributed by atoms with Crippen LogP contribution in [0.25, 0.3) is 0 Å². The molecule has 0 spiro atoms. The molecule has 0 saturated carbocycles. The first-order chi connectivity index (χ1) is 6.68. The number of halogens is 2. The van der Waals surface area contributed by atoms with Gasteiger partial charge in [0.25, 0.3) is 0 Å². The van der Waals surface area contributed by atoms with Crippen LogP contribution < -0.4 is 4.74 Å². The van der Waals surface area contributed by atoms with Crippen LogP contribution in [-0.4, -0.2) is 12.4 Å². The van der Waals surface area contributed by atoms with Crippen molar-refractivity contribution in [3.63, 3.8) is 0 Å². The van der Waals surface area contributed by atoms with Crippen molar-refractivity contribution in [3.05, 3.63) is 30.3 Å². The highest BCUT2D eigenvalue weighted by atomic mass is 19.3. The molecule has 1 aromatic carbocycles. The summed E-state index contributed by atoms with van der Waals surface area (Å²) < 4.78 is 28.2. The monoisotopic (exact) mass is 200 g/mol. The van der Waals surface area contributed by atoms with E-state index in [-0.39, 0.29) is 6.42 Å². The Morgan fingerprint density at radius 2 is 1.93 bits per heavy atom. The zero-order valence-corrected chi connectivity index (χ0v) is 7.45. The Hall–Kier alpha value is -1.45. The van der Waals surface area contributed by atoms with Gasteiger partial charge in [-0.05, 0) is 12.1 Å². The molecule has 0 N–H and O–H groups in total. The van der Waals surface area contributed by atoms with Crippen LogP contribution >= 0.6 is 0 Å². The molecule has 4 heteroatoms. The standard InChI is InChI=1S/C10H10F2O2/c11-9(12)6-7-10(13)14-8-4-2-1-3-5-8/h1-5,9H,6-7H2. The van der Waals surface area contributed by atoms with Gasteiger partial charge in [0.05, 0.1) is 6.42 Å². The Morgan fingerprint density at radius 1 is 1.29 bits per heavy atom. The number of benzene rings is 1. The molecule has 0 aliphatic rings. The first-order valence-electron chi connectivity index (χ1n) is 4.22. The fourth-order valence-corrected chi connectivity index (χ4v) is 0.898. The smallest absolute Gasteiger partial charge is 0.311 e. The molecule has 14 heavy (non-hydrogen) atoms. The highest BCUT2D eigenvalue weighted by Crippen LogP contribution is 2.11. The van der Waals surface area contributed by atoms with E-state index in [0.29, 0.717) is 5.75 Å². The van der Waals surface area contributed by atoms with Gasteiger partial charge in [-0.15, -0.1) is 0 Å². The number of hydrogen-bond acceptors (Lipinski definition) is 2. The van der Waals surface area contributed by atoms with Gasteiger partial charge in [-0.1, -0.05) is 18.2 Å². The molecular weight excluding hydrogens is 190 g/mol. The van der Waals surface area contributed by atoms with Crippen LogP contribution in [0.1, 0.15) is 12.8 Å². The number of rotatable bonds is 4. The molecule has 0 radical (unpaired) electrons. The molecule has 76 valence electrons. The summed E-state index contributed by atoms with van der Waals surface area (Å²) in [5.41, 5.74) is 0. The van der Waals surface area contributed by atoms with E-state index in [1.165, 1.54) is 0 Å². The SMILES string of the molecule is O=C(CCC(F)F)Oc1ccccc1. The number of carbonyl (C=O) groups excluding carboxylic acids is 1. The van der Waals surface area contributed by atoms with Crippen LogP contribution in [0.4, 0.5) is 8.78 Å². The third-order valence-electron chi connectivity index (χ3n) is 1.54. The number of ether oxygens (including phenoxy) is 1. The Balaban J connectivity index is 2.35. The van der Waals surface area contributed by atoms with E-state index < -0.39 is 18.8 Å². The maximum atomic E-state index is 11.7. The Morgan fingerprint density at radius 3 is 2.50 bits per heavy atom. The summed E-state index contributed by atoms with van der Waals surface area (Å²) in [7, 11) is 0. The van der Waals surface area contributed by atoms with Crippen LogP contribution in [0.5, 0.6) is 5.75 Å². The van der Waals surface area contributed by atoms with E-state index in [4.69, 9.17) is 4.74 Å².